The molecule has 3 nitrogen and oxygen atoms in total. The van der Waals surface area contributed by atoms with Crippen LogP contribution in [0.4, 0.5) is 5.82 Å². The minimum absolute atomic E-state index is 0.00820. The molecular weight excluding hydrogens is 246 g/mol. The fraction of sp³-hybridized carbons (Fsp3) is 0.471. The summed E-state index contributed by atoms with van der Waals surface area (Å²) in [4.78, 5) is 4.82. The van der Waals surface area contributed by atoms with Crippen molar-refractivity contribution >= 4 is 5.82 Å². The first-order valence-corrected chi connectivity index (χ1v) is 7.34. The maximum atomic E-state index is 6.31. The highest BCUT2D eigenvalue weighted by molar-refractivity contribution is 5.71. The Balaban J connectivity index is 2.54. The maximum Gasteiger partial charge on any atom is 0.131 e. The molecule has 0 fully saturated rings. The number of anilines is 1. The lowest BCUT2D eigenvalue weighted by atomic mass is 9.95. The highest BCUT2D eigenvalue weighted by Crippen LogP contribution is 2.31. The molecule has 0 atom stereocenters. The van der Waals surface area contributed by atoms with Gasteiger partial charge in [-0.3, -0.25) is 0 Å². The third-order valence-corrected chi connectivity index (χ3v) is 3.63. The molecule has 0 saturated carbocycles. The van der Waals surface area contributed by atoms with Crippen LogP contribution in [-0.4, -0.2) is 9.55 Å². The fourth-order valence-corrected chi connectivity index (χ4v) is 2.47. The van der Waals surface area contributed by atoms with Crippen molar-refractivity contribution in [2.45, 2.75) is 53.0 Å². The third kappa shape index (κ3) is 2.58. The van der Waals surface area contributed by atoms with E-state index in [-0.39, 0.29) is 5.41 Å². The van der Waals surface area contributed by atoms with Crippen molar-refractivity contribution in [3.63, 3.8) is 0 Å². The first kappa shape index (κ1) is 14.6. The lowest BCUT2D eigenvalue weighted by Crippen LogP contribution is -2.19. The molecule has 2 N–H and O–H groups in total. The summed E-state index contributed by atoms with van der Waals surface area (Å²) < 4.78 is 2.11. The van der Waals surface area contributed by atoms with Crippen molar-refractivity contribution in [3.8, 4) is 11.3 Å². The Morgan fingerprint density at radius 2 is 1.70 bits per heavy atom. The van der Waals surface area contributed by atoms with Gasteiger partial charge in [0.15, 0.2) is 0 Å². The number of hydrogen-bond donors (Lipinski definition) is 1. The number of nitrogen functional groups attached to an aromatic ring is 1. The van der Waals surface area contributed by atoms with Crippen LogP contribution in [0, 0.1) is 0 Å². The molecule has 20 heavy (non-hydrogen) atoms. The van der Waals surface area contributed by atoms with Gasteiger partial charge in [-0.15, -0.1) is 0 Å². The van der Waals surface area contributed by atoms with Crippen LogP contribution in [-0.2, 0) is 18.4 Å². The van der Waals surface area contributed by atoms with E-state index in [1.807, 2.05) is 0 Å². The predicted molar refractivity (Wildman–Crippen MR) is 85.8 cm³/mol. The van der Waals surface area contributed by atoms with E-state index < -0.39 is 0 Å². The number of nitrogens with two attached hydrogens (primary N) is 1. The number of benzene rings is 1. The second-order valence-electron chi connectivity index (χ2n) is 6.21. The van der Waals surface area contributed by atoms with Gasteiger partial charge in [0.05, 0.1) is 0 Å². The predicted octanol–water partition coefficient (Wildman–Crippen LogP) is 4.01. The molecule has 2 aromatic rings. The van der Waals surface area contributed by atoms with E-state index in [2.05, 4.69) is 63.5 Å². The molecule has 0 bridgehead atoms. The Labute approximate surface area is 121 Å². The van der Waals surface area contributed by atoms with Gasteiger partial charge in [-0.05, 0) is 18.9 Å². The van der Waals surface area contributed by atoms with Crippen LogP contribution >= 0.6 is 0 Å². The molecule has 2 rings (SSSR count). The summed E-state index contributed by atoms with van der Waals surface area (Å²) in [6, 6.07) is 8.53. The molecule has 108 valence electrons. The lowest BCUT2D eigenvalue weighted by molar-refractivity contribution is 0.509. The summed E-state index contributed by atoms with van der Waals surface area (Å²) in [6.45, 7) is 11.6. The van der Waals surface area contributed by atoms with Crippen LogP contribution in [0.15, 0.2) is 24.3 Å². The van der Waals surface area contributed by atoms with Crippen LogP contribution in [0.1, 0.15) is 46.0 Å². The quantitative estimate of drug-likeness (QED) is 0.916. The van der Waals surface area contributed by atoms with E-state index in [4.69, 9.17) is 10.7 Å². The number of hydrogen-bond acceptors (Lipinski definition) is 2. The summed E-state index contributed by atoms with van der Waals surface area (Å²) in [6.07, 6.45) is 1.05. The monoisotopic (exact) mass is 271 g/mol. The summed E-state index contributed by atoms with van der Waals surface area (Å²) in [5, 5.41) is 0. The molecule has 0 saturated heterocycles. The van der Waals surface area contributed by atoms with Crippen LogP contribution in [0.25, 0.3) is 11.3 Å². The van der Waals surface area contributed by atoms with E-state index in [1.54, 1.807) is 0 Å². The zero-order valence-corrected chi connectivity index (χ0v) is 13.2. The Bertz CT molecular complexity index is 586. The normalized spacial score (nSPS) is 11.8. The number of nitrogens with zero attached hydrogens (tertiary/aromatic N) is 2. The van der Waals surface area contributed by atoms with Crippen molar-refractivity contribution in [2.75, 3.05) is 5.73 Å². The largest absolute Gasteiger partial charge is 0.383 e. The van der Waals surface area contributed by atoms with Crippen molar-refractivity contribution in [1.82, 2.24) is 9.55 Å². The van der Waals surface area contributed by atoms with Crippen LogP contribution < -0.4 is 5.73 Å². The highest BCUT2D eigenvalue weighted by Gasteiger charge is 2.24. The molecule has 1 aromatic heterocycles. The standard InChI is InChI=1S/C17H25N3/c1-6-12-8-10-13(11-9-12)14-15(18)20(7-2)16(19-14)17(3,4)5/h8-11H,6-7,18H2,1-5H3. The molecule has 0 radical (unpaired) electrons. The van der Waals surface area contributed by atoms with E-state index in [0.29, 0.717) is 0 Å². The third-order valence-electron chi connectivity index (χ3n) is 3.63. The molecule has 0 unspecified atom stereocenters. The lowest BCUT2D eigenvalue weighted by Gasteiger charge is -2.19. The second-order valence-corrected chi connectivity index (χ2v) is 6.21. The highest BCUT2D eigenvalue weighted by atomic mass is 15.1. The van der Waals surface area contributed by atoms with E-state index in [0.717, 1.165) is 35.9 Å². The SMILES string of the molecule is CCc1ccc(-c2nc(C(C)(C)C)n(CC)c2N)cc1. The fourth-order valence-electron chi connectivity index (χ4n) is 2.47. The Morgan fingerprint density at radius 1 is 1.10 bits per heavy atom. The molecule has 1 heterocycles. The minimum Gasteiger partial charge on any atom is -0.383 e. The van der Waals surface area contributed by atoms with Gasteiger partial charge in [-0.2, -0.15) is 0 Å². The van der Waals surface area contributed by atoms with E-state index >= 15 is 0 Å². The van der Waals surface area contributed by atoms with Gasteiger partial charge >= 0.3 is 0 Å². The molecule has 0 aliphatic carbocycles. The number of rotatable bonds is 3. The molecular formula is C17H25N3. The molecule has 0 amide bonds. The Hall–Kier alpha value is -1.77. The van der Waals surface area contributed by atoms with Crippen LogP contribution in [0.3, 0.4) is 0 Å². The number of aryl methyl sites for hydroxylation is 1. The Kier molecular flexibility index (Phi) is 3.89. The zero-order valence-electron chi connectivity index (χ0n) is 13.2. The topological polar surface area (TPSA) is 43.8 Å². The maximum absolute atomic E-state index is 6.31. The average Bonchev–Trinajstić information content (AvgIpc) is 2.76. The van der Waals surface area contributed by atoms with E-state index in [9.17, 15) is 0 Å². The van der Waals surface area contributed by atoms with Crippen molar-refractivity contribution in [3.05, 3.63) is 35.7 Å². The van der Waals surface area contributed by atoms with Gasteiger partial charge in [-0.1, -0.05) is 52.0 Å². The van der Waals surface area contributed by atoms with Crippen molar-refractivity contribution < 1.29 is 0 Å². The molecule has 3 heteroatoms. The summed E-state index contributed by atoms with van der Waals surface area (Å²) in [7, 11) is 0. The summed E-state index contributed by atoms with van der Waals surface area (Å²) in [5.41, 5.74) is 9.64. The first-order valence-electron chi connectivity index (χ1n) is 7.34. The van der Waals surface area contributed by atoms with Crippen LogP contribution in [0.2, 0.25) is 0 Å². The smallest absolute Gasteiger partial charge is 0.131 e. The van der Waals surface area contributed by atoms with Gasteiger partial charge in [0.25, 0.3) is 0 Å². The molecule has 0 aliphatic rings. The zero-order chi connectivity index (χ0) is 14.9. The van der Waals surface area contributed by atoms with Gasteiger partial charge < -0.3 is 10.3 Å². The summed E-state index contributed by atoms with van der Waals surface area (Å²) >= 11 is 0. The number of imidazole rings is 1. The van der Waals surface area contributed by atoms with Gasteiger partial charge in [0, 0.05) is 17.5 Å². The van der Waals surface area contributed by atoms with Crippen molar-refractivity contribution in [2.24, 2.45) is 0 Å². The van der Waals surface area contributed by atoms with E-state index in [1.165, 1.54) is 5.56 Å². The molecule has 0 spiro atoms. The molecule has 0 aliphatic heterocycles. The van der Waals surface area contributed by atoms with Gasteiger partial charge in [-0.25, -0.2) is 4.98 Å². The second kappa shape index (κ2) is 5.31. The van der Waals surface area contributed by atoms with Crippen molar-refractivity contribution in [1.29, 1.82) is 0 Å². The van der Waals surface area contributed by atoms with Crippen LogP contribution in [0.5, 0.6) is 0 Å². The molecule has 1 aromatic carbocycles. The van der Waals surface area contributed by atoms with Gasteiger partial charge in [0.1, 0.15) is 17.3 Å². The summed E-state index contributed by atoms with van der Waals surface area (Å²) in [5.74, 6) is 1.81. The van der Waals surface area contributed by atoms with Gasteiger partial charge in [0.2, 0.25) is 0 Å². The first-order chi connectivity index (χ1) is 9.38. The minimum atomic E-state index is -0.00820. The Morgan fingerprint density at radius 3 is 2.10 bits per heavy atom. The average molecular weight is 271 g/mol. The number of aromatic nitrogens is 2.